The van der Waals surface area contributed by atoms with Crippen LogP contribution < -0.4 is 5.32 Å². The molecule has 1 aliphatic heterocycles. The maximum absolute atomic E-state index is 11.7. The fourth-order valence-electron chi connectivity index (χ4n) is 2.02. The molecule has 0 aromatic carbocycles. The fourth-order valence-corrected chi connectivity index (χ4v) is 2.02. The summed E-state index contributed by atoms with van der Waals surface area (Å²) in [5, 5.41) is 2.88. The van der Waals surface area contributed by atoms with Gasteiger partial charge in [0.2, 0.25) is 5.91 Å². The maximum atomic E-state index is 11.7. The van der Waals surface area contributed by atoms with Crippen LogP contribution in [-0.4, -0.2) is 38.2 Å². The molecule has 1 rings (SSSR count). The lowest BCUT2D eigenvalue weighted by molar-refractivity contribution is -0.140. The molecule has 0 bridgehead atoms. The number of unbranched alkanes of at least 4 members (excludes halogenated alkanes) is 2. The van der Waals surface area contributed by atoms with Crippen LogP contribution in [0.3, 0.4) is 0 Å². The Morgan fingerprint density at radius 2 is 2.11 bits per heavy atom. The van der Waals surface area contributed by atoms with E-state index >= 15 is 0 Å². The van der Waals surface area contributed by atoms with Crippen LogP contribution in [0, 0.1) is 5.92 Å². The molecule has 18 heavy (non-hydrogen) atoms. The fraction of sp³-hybridized carbons (Fsp3) is 0.846. The molecule has 2 unspecified atom stereocenters. The molecule has 1 saturated heterocycles. The van der Waals surface area contributed by atoms with Crippen LogP contribution in [0.4, 0.5) is 0 Å². The van der Waals surface area contributed by atoms with E-state index in [0.29, 0.717) is 25.5 Å². The Hall–Kier alpha value is -1.10. The highest BCUT2D eigenvalue weighted by molar-refractivity contribution is 5.81. The molecule has 0 spiro atoms. The third kappa shape index (κ3) is 5.04. The van der Waals surface area contributed by atoms with Crippen LogP contribution >= 0.6 is 0 Å². The van der Waals surface area contributed by atoms with Crippen LogP contribution in [-0.2, 0) is 19.1 Å². The first-order valence-electron chi connectivity index (χ1n) is 6.61. The van der Waals surface area contributed by atoms with Gasteiger partial charge in [-0.05, 0) is 25.2 Å². The predicted octanol–water partition coefficient (Wildman–Crippen LogP) is 1.26. The number of hydrogen-bond donors (Lipinski definition) is 1. The zero-order valence-corrected chi connectivity index (χ0v) is 11.2. The van der Waals surface area contributed by atoms with Crippen LogP contribution in [0.5, 0.6) is 0 Å². The molecule has 0 aromatic heterocycles. The summed E-state index contributed by atoms with van der Waals surface area (Å²) in [5.74, 6) is 0.129. The molecule has 1 fully saturated rings. The number of ether oxygens (including phenoxy) is 2. The molecule has 1 amide bonds. The van der Waals surface area contributed by atoms with E-state index in [2.05, 4.69) is 10.1 Å². The highest BCUT2D eigenvalue weighted by atomic mass is 16.5. The van der Waals surface area contributed by atoms with E-state index in [1.165, 1.54) is 7.11 Å². The summed E-state index contributed by atoms with van der Waals surface area (Å²) in [6, 6.07) is 0. The molecule has 104 valence electrons. The van der Waals surface area contributed by atoms with Gasteiger partial charge in [-0.15, -0.1) is 0 Å². The third-order valence-corrected chi connectivity index (χ3v) is 3.23. The van der Waals surface area contributed by atoms with Crippen molar-refractivity contribution in [3.8, 4) is 0 Å². The second-order valence-electron chi connectivity index (χ2n) is 4.74. The summed E-state index contributed by atoms with van der Waals surface area (Å²) in [4.78, 5) is 22.6. The summed E-state index contributed by atoms with van der Waals surface area (Å²) in [6.07, 6.45) is 3.73. The van der Waals surface area contributed by atoms with Gasteiger partial charge in [-0.2, -0.15) is 0 Å². The maximum Gasteiger partial charge on any atom is 0.305 e. The van der Waals surface area contributed by atoms with Gasteiger partial charge in [0.25, 0.3) is 0 Å². The Morgan fingerprint density at radius 3 is 2.72 bits per heavy atom. The second kappa shape index (κ2) is 8.08. The normalized spacial score (nSPS) is 22.8. The average Bonchev–Trinajstić information content (AvgIpc) is 2.79. The van der Waals surface area contributed by atoms with Gasteiger partial charge in [-0.3, -0.25) is 9.59 Å². The van der Waals surface area contributed by atoms with Gasteiger partial charge in [0.15, 0.2) is 0 Å². The van der Waals surface area contributed by atoms with Crippen molar-refractivity contribution in [2.75, 3.05) is 20.3 Å². The molecule has 0 aliphatic carbocycles. The number of rotatable bonds is 7. The van der Waals surface area contributed by atoms with E-state index in [1.54, 1.807) is 0 Å². The smallest absolute Gasteiger partial charge is 0.305 e. The largest absolute Gasteiger partial charge is 0.469 e. The zero-order chi connectivity index (χ0) is 13.4. The molecule has 0 aromatic rings. The lowest BCUT2D eigenvalue weighted by Crippen LogP contribution is -2.37. The van der Waals surface area contributed by atoms with Crippen molar-refractivity contribution in [3.63, 3.8) is 0 Å². The topological polar surface area (TPSA) is 64.6 Å². The van der Waals surface area contributed by atoms with E-state index in [4.69, 9.17) is 4.74 Å². The lowest BCUT2D eigenvalue weighted by atomic mass is 10.0. The van der Waals surface area contributed by atoms with Crippen molar-refractivity contribution in [2.45, 2.75) is 45.1 Å². The Kier molecular flexibility index (Phi) is 6.72. The van der Waals surface area contributed by atoms with E-state index in [0.717, 1.165) is 25.7 Å². The Morgan fingerprint density at radius 1 is 1.33 bits per heavy atom. The summed E-state index contributed by atoms with van der Waals surface area (Å²) in [7, 11) is 1.39. The van der Waals surface area contributed by atoms with Gasteiger partial charge in [0.1, 0.15) is 6.10 Å². The number of hydrogen-bond acceptors (Lipinski definition) is 4. The summed E-state index contributed by atoms with van der Waals surface area (Å²) >= 11 is 0. The second-order valence-corrected chi connectivity index (χ2v) is 4.74. The molecule has 5 heteroatoms. The summed E-state index contributed by atoms with van der Waals surface area (Å²) < 4.78 is 9.93. The average molecular weight is 257 g/mol. The van der Waals surface area contributed by atoms with Crippen molar-refractivity contribution in [3.05, 3.63) is 0 Å². The van der Waals surface area contributed by atoms with Gasteiger partial charge >= 0.3 is 5.97 Å². The van der Waals surface area contributed by atoms with Gasteiger partial charge in [0, 0.05) is 19.6 Å². The Bertz CT molecular complexity index is 280. The highest BCUT2D eigenvalue weighted by Gasteiger charge is 2.30. The Labute approximate surface area is 108 Å². The molecular formula is C13H23NO4. The number of esters is 1. The van der Waals surface area contributed by atoms with Gasteiger partial charge in [-0.1, -0.05) is 13.3 Å². The standard InChI is InChI=1S/C13H23NO4/c1-10-7-9-18-12(10)13(16)14-8-5-3-4-6-11(15)17-2/h10,12H,3-9H2,1-2H3,(H,14,16). The number of nitrogens with one attached hydrogen (secondary N) is 1. The first-order chi connectivity index (χ1) is 8.65. The van der Waals surface area contributed by atoms with Crippen molar-refractivity contribution >= 4 is 11.9 Å². The number of carbonyl (C=O) groups is 2. The van der Waals surface area contributed by atoms with Gasteiger partial charge < -0.3 is 14.8 Å². The minimum Gasteiger partial charge on any atom is -0.469 e. The van der Waals surface area contributed by atoms with Crippen molar-refractivity contribution in [2.24, 2.45) is 5.92 Å². The molecule has 5 nitrogen and oxygen atoms in total. The monoisotopic (exact) mass is 257 g/mol. The van der Waals surface area contributed by atoms with Crippen LogP contribution in [0.15, 0.2) is 0 Å². The van der Waals surface area contributed by atoms with E-state index in [9.17, 15) is 9.59 Å². The minimum atomic E-state index is -0.278. The van der Waals surface area contributed by atoms with Gasteiger partial charge in [-0.25, -0.2) is 0 Å². The molecule has 2 atom stereocenters. The van der Waals surface area contributed by atoms with Crippen LogP contribution in [0.2, 0.25) is 0 Å². The SMILES string of the molecule is COC(=O)CCCCCNC(=O)C1OCCC1C. The predicted molar refractivity (Wildman–Crippen MR) is 67.0 cm³/mol. The van der Waals surface area contributed by atoms with Crippen LogP contribution in [0.1, 0.15) is 39.0 Å². The first-order valence-corrected chi connectivity index (χ1v) is 6.61. The first kappa shape index (κ1) is 15.0. The third-order valence-electron chi connectivity index (χ3n) is 3.23. The summed E-state index contributed by atoms with van der Waals surface area (Å²) in [5.41, 5.74) is 0. The molecule has 1 aliphatic rings. The molecule has 1 heterocycles. The highest BCUT2D eigenvalue weighted by Crippen LogP contribution is 2.19. The van der Waals surface area contributed by atoms with E-state index in [-0.39, 0.29) is 18.0 Å². The number of methoxy groups -OCH3 is 1. The van der Waals surface area contributed by atoms with E-state index < -0.39 is 0 Å². The molecule has 0 radical (unpaired) electrons. The van der Waals surface area contributed by atoms with Gasteiger partial charge in [0.05, 0.1) is 7.11 Å². The summed E-state index contributed by atoms with van der Waals surface area (Å²) in [6.45, 7) is 3.36. The Balaban J connectivity index is 2.00. The van der Waals surface area contributed by atoms with Crippen LogP contribution in [0.25, 0.3) is 0 Å². The van der Waals surface area contributed by atoms with Crippen molar-refractivity contribution < 1.29 is 19.1 Å². The number of amides is 1. The zero-order valence-electron chi connectivity index (χ0n) is 11.2. The molecule has 0 saturated carbocycles. The molecular weight excluding hydrogens is 234 g/mol. The van der Waals surface area contributed by atoms with Crippen molar-refractivity contribution in [1.82, 2.24) is 5.32 Å². The number of carbonyl (C=O) groups excluding carboxylic acids is 2. The minimum absolute atomic E-state index is 0.00651. The lowest BCUT2D eigenvalue weighted by Gasteiger charge is -2.14. The molecule has 1 N–H and O–H groups in total. The van der Waals surface area contributed by atoms with E-state index in [1.807, 2.05) is 6.92 Å². The van der Waals surface area contributed by atoms with Crippen molar-refractivity contribution in [1.29, 1.82) is 0 Å². The quantitative estimate of drug-likeness (QED) is 0.551.